The van der Waals surface area contributed by atoms with Gasteiger partial charge in [0.05, 0.1) is 5.69 Å². The molecule has 0 saturated heterocycles. The van der Waals surface area contributed by atoms with Crippen molar-refractivity contribution in [2.75, 3.05) is 12.5 Å². The molecule has 0 radical (unpaired) electrons. The smallest absolute Gasteiger partial charge is 0.246 e. The zero-order chi connectivity index (χ0) is 12.3. The number of rotatable bonds is 4. The first kappa shape index (κ1) is 12.9. The van der Waals surface area contributed by atoms with Crippen molar-refractivity contribution in [3.05, 3.63) is 18.5 Å². The molecule has 1 aromatic heterocycles. The zero-order valence-corrected chi connectivity index (χ0v) is 10.3. The second kappa shape index (κ2) is 4.77. The zero-order valence-electron chi connectivity index (χ0n) is 9.51. The third-order valence-corrected chi connectivity index (χ3v) is 4.39. The monoisotopic (exact) mass is 244 g/mol. The predicted octanol–water partition coefficient (Wildman–Crippen LogP) is 0.396. The lowest BCUT2D eigenvalue weighted by Gasteiger charge is -2.21. The Morgan fingerprint density at radius 1 is 1.50 bits per heavy atom. The van der Waals surface area contributed by atoms with E-state index >= 15 is 0 Å². The van der Waals surface area contributed by atoms with Gasteiger partial charge in [0.1, 0.15) is 4.90 Å². The fourth-order valence-corrected chi connectivity index (χ4v) is 2.60. The number of hydrazine groups is 1. The Kier molecular flexibility index (Phi) is 3.84. The lowest BCUT2D eigenvalue weighted by molar-refractivity contribution is 0.410. The Bertz CT molecular complexity index is 458. The van der Waals surface area contributed by atoms with Crippen molar-refractivity contribution in [2.45, 2.75) is 24.8 Å². The van der Waals surface area contributed by atoms with E-state index in [9.17, 15) is 8.42 Å². The molecule has 0 amide bonds. The van der Waals surface area contributed by atoms with Crippen molar-refractivity contribution in [2.24, 2.45) is 5.84 Å². The molecule has 3 N–H and O–H groups in total. The Morgan fingerprint density at radius 2 is 2.12 bits per heavy atom. The van der Waals surface area contributed by atoms with Crippen LogP contribution < -0.4 is 11.3 Å². The average Bonchev–Trinajstić information content (AvgIpc) is 2.27. The number of sulfonamides is 1. The van der Waals surface area contributed by atoms with Crippen LogP contribution in [0.1, 0.15) is 13.8 Å². The van der Waals surface area contributed by atoms with Gasteiger partial charge in [0.25, 0.3) is 0 Å². The molecular weight excluding hydrogens is 228 g/mol. The number of hydrogen-bond donors (Lipinski definition) is 2. The molecule has 0 atom stereocenters. The first-order chi connectivity index (χ1) is 7.41. The lowest BCUT2D eigenvalue weighted by Crippen LogP contribution is -2.33. The van der Waals surface area contributed by atoms with Crippen LogP contribution in [0.15, 0.2) is 23.4 Å². The Labute approximate surface area is 95.5 Å². The highest BCUT2D eigenvalue weighted by atomic mass is 32.2. The first-order valence-electron chi connectivity index (χ1n) is 4.80. The van der Waals surface area contributed by atoms with Crippen LogP contribution in [0.4, 0.5) is 5.69 Å². The van der Waals surface area contributed by atoms with Gasteiger partial charge in [0.2, 0.25) is 10.0 Å². The molecule has 0 saturated carbocycles. The van der Waals surface area contributed by atoms with E-state index in [-0.39, 0.29) is 10.9 Å². The number of nitrogens with zero attached hydrogens (tertiary/aromatic N) is 2. The second-order valence-corrected chi connectivity index (χ2v) is 5.60. The standard InChI is InChI=1S/C9H16N4O2S/c1-7(2)13(3)16(14,15)9-6-11-5-4-8(9)12-10/h4-7H,10H2,1-3H3,(H,11,12). The van der Waals surface area contributed by atoms with Gasteiger partial charge in [-0.15, -0.1) is 0 Å². The number of nitrogens with two attached hydrogens (primary N) is 1. The van der Waals surface area contributed by atoms with Crippen LogP contribution in [0.2, 0.25) is 0 Å². The van der Waals surface area contributed by atoms with Crippen molar-refractivity contribution >= 4 is 15.7 Å². The fraction of sp³-hybridized carbons (Fsp3) is 0.444. The summed E-state index contributed by atoms with van der Waals surface area (Å²) in [5.41, 5.74) is 2.69. The molecule has 0 spiro atoms. The summed E-state index contributed by atoms with van der Waals surface area (Å²) < 4.78 is 25.6. The molecular formula is C9H16N4O2S. The second-order valence-electron chi connectivity index (χ2n) is 3.63. The maximum atomic E-state index is 12.1. The van der Waals surface area contributed by atoms with Crippen LogP contribution in [0.3, 0.4) is 0 Å². The molecule has 0 aliphatic carbocycles. The van der Waals surface area contributed by atoms with Crippen molar-refractivity contribution in [1.82, 2.24) is 9.29 Å². The van der Waals surface area contributed by atoms with Crippen molar-refractivity contribution < 1.29 is 8.42 Å². The van der Waals surface area contributed by atoms with Gasteiger partial charge in [0.15, 0.2) is 0 Å². The van der Waals surface area contributed by atoms with Gasteiger partial charge in [-0.2, -0.15) is 4.31 Å². The molecule has 16 heavy (non-hydrogen) atoms. The van der Waals surface area contributed by atoms with E-state index in [1.54, 1.807) is 13.8 Å². The van der Waals surface area contributed by atoms with Crippen LogP contribution in [0.25, 0.3) is 0 Å². The molecule has 1 heterocycles. The first-order valence-corrected chi connectivity index (χ1v) is 6.24. The molecule has 0 aliphatic heterocycles. The number of nitrogen functional groups attached to an aromatic ring is 1. The number of nitrogens with one attached hydrogen (secondary N) is 1. The highest BCUT2D eigenvalue weighted by molar-refractivity contribution is 7.89. The molecule has 0 fully saturated rings. The van der Waals surface area contributed by atoms with Crippen LogP contribution in [0.5, 0.6) is 0 Å². The third kappa shape index (κ3) is 2.31. The maximum Gasteiger partial charge on any atom is 0.246 e. The van der Waals surface area contributed by atoms with Gasteiger partial charge in [-0.05, 0) is 19.9 Å². The van der Waals surface area contributed by atoms with Crippen molar-refractivity contribution in [1.29, 1.82) is 0 Å². The summed E-state index contributed by atoms with van der Waals surface area (Å²) in [7, 11) is -2.03. The SMILES string of the molecule is CC(C)N(C)S(=O)(=O)c1cnccc1NN. The molecule has 1 aromatic rings. The number of hydrogen-bond acceptors (Lipinski definition) is 5. The Hall–Kier alpha value is -1.18. The minimum absolute atomic E-state index is 0.0775. The lowest BCUT2D eigenvalue weighted by atomic mass is 10.4. The largest absolute Gasteiger partial charge is 0.323 e. The molecule has 1 rings (SSSR count). The predicted molar refractivity (Wildman–Crippen MR) is 62.1 cm³/mol. The molecule has 0 unspecified atom stereocenters. The summed E-state index contributed by atoms with van der Waals surface area (Å²) in [6.07, 6.45) is 2.76. The third-order valence-electron chi connectivity index (χ3n) is 2.32. The van der Waals surface area contributed by atoms with Gasteiger partial charge in [0, 0.05) is 25.5 Å². The summed E-state index contributed by atoms with van der Waals surface area (Å²) in [5, 5.41) is 0. The minimum atomic E-state index is -3.55. The summed E-state index contributed by atoms with van der Waals surface area (Å²) in [6, 6.07) is 1.39. The Morgan fingerprint density at radius 3 is 2.62 bits per heavy atom. The van der Waals surface area contributed by atoms with Crippen molar-refractivity contribution in [3.63, 3.8) is 0 Å². The fourth-order valence-electron chi connectivity index (χ4n) is 1.14. The van der Waals surface area contributed by atoms with Gasteiger partial charge in [-0.1, -0.05) is 0 Å². The van der Waals surface area contributed by atoms with Gasteiger partial charge >= 0.3 is 0 Å². The Balaban J connectivity index is 3.27. The molecule has 90 valence electrons. The van der Waals surface area contributed by atoms with E-state index in [1.807, 2.05) is 0 Å². The minimum Gasteiger partial charge on any atom is -0.323 e. The maximum absolute atomic E-state index is 12.1. The topological polar surface area (TPSA) is 88.3 Å². The average molecular weight is 244 g/mol. The number of aromatic nitrogens is 1. The summed E-state index contributed by atoms with van der Waals surface area (Å²) >= 11 is 0. The molecule has 0 aliphatic rings. The molecule has 0 bridgehead atoms. The molecule has 7 heteroatoms. The summed E-state index contributed by atoms with van der Waals surface area (Å²) in [5.74, 6) is 5.26. The summed E-state index contributed by atoms with van der Waals surface area (Å²) in [4.78, 5) is 3.88. The van der Waals surface area contributed by atoms with Crippen molar-refractivity contribution in [3.8, 4) is 0 Å². The summed E-state index contributed by atoms with van der Waals surface area (Å²) in [6.45, 7) is 3.59. The molecule has 0 aromatic carbocycles. The highest BCUT2D eigenvalue weighted by Crippen LogP contribution is 2.22. The van der Waals surface area contributed by atoms with E-state index in [0.29, 0.717) is 5.69 Å². The van der Waals surface area contributed by atoms with E-state index in [0.717, 1.165) is 0 Å². The normalized spacial score (nSPS) is 12.1. The van der Waals surface area contributed by atoms with Gasteiger partial charge in [-0.3, -0.25) is 10.8 Å². The highest BCUT2D eigenvalue weighted by Gasteiger charge is 2.25. The van der Waals surface area contributed by atoms with E-state index in [4.69, 9.17) is 5.84 Å². The van der Waals surface area contributed by atoms with E-state index < -0.39 is 10.0 Å². The van der Waals surface area contributed by atoms with Gasteiger partial charge in [-0.25, -0.2) is 8.42 Å². The molecule has 6 nitrogen and oxygen atoms in total. The number of pyridine rings is 1. The van der Waals surface area contributed by atoms with E-state index in [2.05, 4.69) is 10.4 Å². The quantitative estimate of drug-likeness (QED) is 0.591. The van der Waals surface area contributed by atoms with Crippen LogP contribution in [0, 0.1) is 0 Å². The number of anilines is 1. The van der Waals surface area contributed by atoms with Gasteiger partial charge < -0.3 is 5.43 Å². The van der Waals surface area contributed by atoms with E-state index in [1.165, 1.54) is 29.8 Å². The van der Waals surface area contributed by atoms with Crippen LogP contribution >= 0.6 is 0 Å². The van der Waals surface area contributed by atoms with Crippen LogP contribution in [-0.4, -0.2) is 30.8 Å². The van der Waals surface area contributed by atoms with Crippen LogP contribution in [-0.2, 0) is 10.0 Å².